The number of amides is 1. The molecule has 1 saturated carbocycles. The molecule has 4 nitrogen and oxygen atoms in total. The van der Waals surface area contributed by atoms with Crippen LogP contribution in [0.5, 0.6) is 0 Å². The fraction of sp³-hybridized carbons (Fsp3) is 0.833. The summed E-state index contributed by atoms with van der Waals surface area (Å²) in [6, 6.07) is -0.0655. The largest absolute Gasteiger partial charge is 0.479 e. The average molecular weight is 227 g/mol. The van der Waals surface area contributed by atoms with Crippen molar-refractivity contribution in [2.45, 2.75) is 58.0 Å². The van der Waals surface area contributed by atoms with Gasteiger partial charge in [-0.25, -0.2) is 4.79 Å². The van der Waals surface area contributed by atoms with Gasteiger partial charge in [-0.2, -0.15) is 0 Å². The molecule has 1 aliphatic rings. The van der Waals surface area contributed by atoms with E-state index in [-0.39, 0.29) is 6.04 Å². The minimum atomic E-state index is -0.962. The van der Waals surface area contributed by atoms with Crippen molar-refractivity contribution in [2.24, 2.45) is 5.92 Å². The molecular formula is C12H21NO3. The van der Waals surface area contributed by atoms with Crippen molar-refractivity contribution in [1.82, 2.24) is 4.90 Å². The van der Waals surface area contributed by atoms with Gasteiger partial charge in [0, 0.05) is 6.04 Å². The highest BCUT2D eigenvalue weighted by atomic mass is 16.4. The van der Waals surface area contributed by atoms with Crippen LogP contribution in [-0.4, -0.2) is 34.0 Å². The lowest BCUT2D eigenvalue weighted by atomic mass is 9.92. The Balaban J connectivity index is 2.98. The molecule has 92 valence electrons. The molecule has 0 aromatic rings. The molecule has 16 heavy (non-hydrogen) atoms. The van der Waals surface area contributed by atoms with E-state index in [1.807, 2.05) is 13.8 Å². The Hall–Kier alpha value is -1.06. The van der Waals surface area contributed by atoms with E-state index in [4.69, 9.17) is 0 Å². The number of rotatable bonds is 5. The summed E-state index contributed by atoms with van der Waals surface area (Å²) in [4.78, 5) is 24.1. The zero-order chi connectivity index (χ0) is 12.3. The first kappa shape index (κ1) is 13.0. The Labute approximate surface area is 96.6 Å². The lowest BCUT2D eigenvalue weighted by molar-refractivity contribution is -0.156. The third-order valence-corrected chi connectivity index (χ3v) is 3.73. The van der Waals surface area contributed by atoms with Crippen LogP contribution in [0.3, 0.4) is 0 Å². The van der Waals surface area contributed by atoms with Gasteiger partial charge in [-0.1, -0.05) is 13.3 Å². The van der Waals surface area contributed by atoms with Gasteiger partial charge in [0.05, 0.1) is 0 Å². The normalized spacial score (nSPS) is 29.4. The molecule has 1 fully saturated rings. The maximum atomic E-state index is 11.5. The molecule has 0 aromatic heterocycles. The number of hydrogen-bond acceptors (Lipinski definition) is 2. The monoisotopic (exact) mass is 227 g/mol. The van der Waals surface area contributed by atoms with Crippen molar-refractivity contribution < 1.29 is 14.7 Å². The van der Waals surface area contributed by atoms with Gasteiger partial charge < -0.3 is 10.0 Å². The number of hydrogen-bond donors (Lipinski definition) is 1. The maximum Gasteiger partial charge on any atom is 0.329 e. The number of carboxylic acid groups (broad SMARTS) is 1. The second-order valence-corrected chi connectivity index (χ2v) is 4.96. The van der Waals surface area contributed by atoms with Gasteiger partial charge in [0.2, 0.25) is 6.41 Å². The number of carbonyl (C=O) groups excluding carboxylic acids is 1. The van der Waals surface area contributed by atoms with Crippen LogP contribution >= 0.6 is 0 Å². The molecule has 1 amide bonds. The van der Waals surface area contributed by atoms with E-state index in [1.54, 1.807) is 0 Å². The SMILES string of the molecule is CCC1CCC(C(=O)O)(N(C=O)C(C)C)C1. The average Bonchev–Trinajstić information content (AvgIpc) is 2.63. The van der Waals surface area contributed by atoms with E-state index >= 15 is 0 Å². The summed E-state index contributed by atoms with van der Waals surface area (Å²) >= 11 is 0. The minimum Gasteiger partial charge on any atom is -0.479 e. The Morgan fingerprint density at radius 3 is 2.56 bits per heavy atom. The zero-order valence-electron chi connectivity index (χ0n) is 10.3. The van der Waals surface area contributed by atoms with Crippen molar-refractivity contribution in [3.05, 3.63) is 0 Å². The van der Waals surface area contributed by atoms with E-state index in [9.17, 15) is 14.7 Å². The summed E-state index contributed by atoms with van der Waals surface area (Å²) < 4.78 is 0. The van der Waals surface area contributed by atoms with E-state index in [1.165, 1.54) is 4.90 Å². The van der Waals surface area contributed by atoms with Gasteiger partial charge in [-0.15, -0.1) is 0 Å². The van der Waals surface area contributed by atoms with E-state index < -0.39 is 11.5 Å². The van der Waals surface area contributed by atoms with Gasteiger partial charge in [0.15, 0.2) is 0 Å². The van der Waals surface area contributed by atoms with Gasteiger partial charge in [-0.3, -0.25) is 4.79 Å². The van der Waals surface area contributed by atoms with Gasteiger partial charge >= 0.3 is 5.97 Å². The van der Waals surface area contributed by atoms with Crippen LogP contribution in [0.15, 0.2) is 0 Å². The van der Waals surface area contributed by atoms with Crippen LogP contribution in [0.1, 0.15) is 46.5 Å². The van der Waals surface area contributed by atoms with Crippen molar-refractivity contribution in [3.63, 3.8) is 0 Å². The van der Waals surface area contributed by atoms with Gasteiger partial charge in [-0.05, 0) is 39.0 Å². The first-order chi connectivity index (χ1) is 7.47. The lowest BCUT2D eigenvalue weighted by Gasteiger charge is -2.38. The fourth-order valence-corrected chi connectivity index (χ4v) is 2.73. The standard InChI is InChI=1S/C12H21NO3/c1-4-10-5-6-12(7-10,11(15)16)13(8-14)9(2)3/h8-10H,4-7H2,1-3H3,(H,15,16). The minimum absolute atomic E-state index is 0.0655. The fourth-order valence-electron chi connectivity index (χ4n) is 2.73. The molecule has 0 spiro atoms. The molecule has 0 aliphatic heterocycles. The summed E-state index contributed by atoms with van der Waals surface area (Å²) in [5, 5.41) is 9.43. The number of carboxylic acids is 1. The highest BCUT2D eigenvalue weighted by Gasteiger charge is 2.49. The first-order valence-electron chi connectivity index (χ1n) is 5.95. The van der Waals surface area contributed by atoms with E-state index in [0.717, 1.165) is 12.8 Å². The molecule has 0 aromatic carbocycles. The number of carbonyl (C=O) groups is 2. The van der Waals surface area contributed by atoms with Crippen molar-refractivity contribution in [3.8, 4) is 0 Å². The van der Waals surface area contributed by atoms with Crippen LogP contribution in [0, 0.1) is 5.92 Å². The number of aliphatic carboxylic acids is 1. The van der Waals surface area contributed by atoms with Crippen LogP contribution in [0.2, 0.25) is 0 Å². The smallest absolute Gasteiger partial charge is 0.329 e. The van der Waals surface area contributed by atoms with Crippen LogP contribution in [0.25, 0.3) is 0 Å². The summed E-state index contributed by atoms with van der Waals surface area (Å²) in [6.07, 6.45) is 3.75. The number of nitrogens with zero attached hydrogens (tertiary/aromatic N) is 1. The molecule has 0 heterocycles. The van der Waals surface area contributed by atoms with Crippen LogP contribution in [0.4, 0.5) is 0 Å². The lowest BCUT2D eigenvalue weighted by Crippen LogP contribution is -2.55. The summed E-state index contributed by atoms with van der Waals surface area (Å²) in [5.74, 6) is -0.429. The highest BCUT2D eigenvalue weighted by molar-refractivity contribution is 5.82. The summed E-state index contributed by atoms with van der Waals surface area (Å²) in [7, 11) is 0. The van der Waals surface area contributed by atoms with Crippen molar-refractivity contribution >= 4 is 12.4 Å². The molecular weight excluding hydrogens is 206 g/mol. The van der Waals surface area contributed by atoms with Crippen molar-refractivity contribution in [2.75, 3.05) is 0 Å². The van der Waals surface area contributed by atoms with Crippen molar-refractivity contribution in [1.29, 1.82) is 0 Å². The highest BCUT2D eigenvalue weighted by Crippen LogP contribution is 2.41. The molecule has 2 unspecified atom stereocenters. The zero-order valence-corrected chi connectivity index (χ0v) is 10.3. The topological polar surface area (TPSA) is 57.6 Å². The Bertz CT molecular complexity index is 277. The maximum absolute atomic E-state index is 11.5. The van der Waals surface area contributed by atoms with Gasteiger partial charge in [0.1, 0.15) is 5.54 Å². The Morgan fingerprint density at radius 1 is 1.62 bits per heavy atom. The van der Waals surface area contributed by atoms with E-state index in [0.29, 0.717) is 25.2 Å². The molecule has 0 saturated heterocycles. The molecule has 0 bridgehead atoms. The third kappa shape index (κ3) is 2.06. The molecule has 4 heteroatoms. The quantitative estimate of drug-likeness (QED) is 0.730. The first-order valence-corrected chi connectivity index (χ1v) is 5.95. The molecule has 1 N–H and O–H groups in total. The molecule has 0 radical (unpaired) electrons. The van der Waals surface area contributed by atoms with Gasteiger partial charge in [0.25, 0.3) is 0 Å². The molecule has 1 aliphatic carbocycles. The second kappa shape index (κ2) is 4.85. The molecule has 2 atom stereocenters. The van der Waals surface area contributed by atoms with Crippen LogP contribution in [-0.2, 0) is 9.59 Å². The second-order valence-electron chi connectivity index (χ2n) is 4.96. The van der Waals surface area contributed by atoms with E-state index in [2.05, 4.69) is 6.92 Å². The predicted molar refractivity (Wildman–Crippen MR) is 61.0 cm³/mol. The predicted octanol–water partition coefficient (Wildman–Crippen LogP) is 1.89. The Kier molecular flexibility index (Phi) is 3.94. The van der Waals surface area contributed by atoms with Crippen LogP contribution < -0.4 is 0 Å². The molecule has 1 rings (SSSR count). The Morgan fingerprint density at radius 2 is 2.25 bits per heavy atom. The summed E-state index contributed by atoms with van der Waals surface area (Å²) in [5.41, 5.74) is -0.962. The third-order valence-electron chi connectivity index (χ3n) is 3.73. The summed E-state index contributed by atoms with van der Waals surface area (Å²) in [6.45, 7) is 5.79.